The fourth-order valence-electron chi connectivity index (χ4n) is 3.88. The summed E-state index contributed by atoms with van der Waals surface area (Å²) in [6.07, 6.45) is -2.88. The summed E-state index contributed by atoms with van der Waals surface area (Å²) >= 11 is 0. The molecule has 3 rings (SSSR count). The SMILES string of the molecule is CN(C)CC1CC2(CCN(C(=O)c3ccc(C(F)(F)F)cc3)CC2)C(=O)O1. The minimum Gasteiger partial charge on any atom is -0.461 e. The highest BCUT2D eigenvalue weighted by molar-refractivity contribution is 5.94. The van der Waals surface area contributed by atoms with Crippen LogP contribution in [0.15, 0.2) is 24.3 Å². The molecule has 1 aromatic carbocycles. The molecule has 0 radical (unpaired) electrons. The Morgan fingerprint density at radius 2 is 1.81 bits per heavy atom. The predicted molar refractivity (Wildman–Crippen MR) is 92.1 cm³/mol. The van der Waals surface area contributed by atoms with Crippen molar-refractivity contribution in [2.75, 3.05) is 33.7 Å². The van der Waals surface area contributed by atoms with Gasteiger partial charge in [-0.2, -0.15) is 13.2 Å². The molecule has 0 bridgehead atoms. The van der Waals surface area contributed by atoms with Crippen LogP contribution in [0.3, 0.4) is 0 Å². The second-order valence-corrected chi connectivity index (χ2v) is 7.64. The quantitative estimate of drug-likeness (QED) is 0.752. The van der Waals surface area contributed by atoms with Crippen LogP contribution >= 0.6 is 0 Å². The summed E-state index contributed by atoms with van der Waals surface area (Å²) in [5.74, 6) is -0.509. The number of ether oxygens (including phenoxy) is 1. The minimum atomic E-state index is -4.43. The monoisotopic (exact) mass is 384 g/mol. The van der Waals surface area contributed by atoms with Gasteiger partial charge in [0.2, 0.25) is 0 Å². The highest BCUT2D eigenvalue weighted by Crippen LogP contribution is 2.43. The normalized spacial score (nSPS) is 22.4. The van der Waals surface area contributed by atoms with Crippen LogP contribution in [0.4, 0.5) is 13.2 Å². The smallest absolute Gasteiger partial charge is 0.416 e. The molecule has 1 aromatic rings. The van der Waals surface area contributed by atoms with E-state index in [9.17, 15) is 22.8 Å². The van der Waals surface area contributed by atoms with Gasteiger partial charge in [-0.1, -0.05) is 0 Å². The number of likely N-dealkylation sites (N-methyl/N-ethyl adjacent to an activating group) is 1. The zero-order valence-electron chi connectivity index (χ0n) is 15.4. The number of rotatable bonds is 3. The molecule has 1 atom stereocenters. The van der Waals surface area contributed by atoms with E-state index in [1.165, 1.54) is 12.1 Å². The average Bonchev–Trinajstić information content (AvgIpc) is 2.88. The number of amides is 1. The van der Waals surface area contributed by atoms with E-state index in [1.54, 1.807) is 4.90 Å². The molecule has 0 saturated carbocycles. The number of cyclic esters (lactones) is 1. The van der Waals surface area contributed by atoms with Crippen molar-refractivity contribution in [3.8, 4) is 0 Å². The number of hydrogen-bond acceptors (Lipinski definition) is 4. The largest absolute Gasteiger partial charge is 0.461 e. The number of likely N-dealkylation sites (tertiary alicyclic amines) is 1. The molecular weight excluding hydrogens is 361 g/mol. The molecule has 1 spiro atoms. The molecule has 1 amide bonds. The minimum absolute atomic E-state index is 0.135. The molecule has 2 fully saturated rings. The summed E-state index contributed by atoms with van der Waals surface area (Å²) in [5, 5.41) is 0. The van der Waals surface area contributed by atoms with Crippen molar-refractivity contribution in [3.05, 3.63) is 35.4 Å². The third-order valence-corrected chi connectivity index (χ3v) is 5.36. The molecule has 2 aliphatic rings. The lowest BCUT2D eigenvalue weighted by Gasteiger charge is -2.36. The molecule has 148 valence electrons. The fraction of sp³-hybridized carbons (Fsp3) is 0.579. The van der Waals surface area contributed by atoms with Crippen LogP contribution in [-0.2, 0) is 15.7 Å². The van der Waals surface area contributed by atoms with Crippen LogP contribution in [0.1, 0.15) is 35.2 Å². The van der Waals surface area contributed by atoms with E-state index < -0.39 is 17.2 Å². The molecular formula is C19H23F3N2O3. The van der Waals surface area contributed by atoms with Crippen molar-refractivity contribution >= 4 is 11.9 Å². The van der Waals surface area contributed by atoms with Crippen LogP contribution in [0.2, 0.25) is 0 Å². The van der Waals surface area contributed by atoms with Crippen LogP contribution < -0.4 is 0 Å². The average molecular weight is 384 g/mol. The number of benzene rings is 1. The summed E-state index contributed by atoms with van der Waals surface area (Å²) in [4.78, 5) is 28.5. The molecule has 5 nitrogen and oxygen atoms in total. The first kappa shape index (κ1) is 19.7. The number of esters is 1. The van der Waals surface area contributed by atoms with E-state index in [0.29, 0.717) is 38.9 Å². The zero-order chi connectivity index (χ0) is 19.8. The molecule has 1 unspecified atom stereocenters. The highest BCUT2D eigenvalue weighted by atomic mass is 19.4. The highest BCUT2D eigenvalue weighted by Gasteiger charge is 2.50. The Morgan fingerprint density at radius 3 is 2.33 bits per heavy atom. The third kappa shape index (κ3) is 4.10. The van der Waals surface area contributed by atoms with Gasteiger partial charge in [0, 0.05) is 31.6 Å². The molecule has 2 aliphatic heterocycles. The maximum atomic E-state index is 12.6. The number of alkyl halides is 3. The van der Waals surface area contributed by atoms with Crippen molar-refractivity contribution in [1.82, 2.24) is 9.80 Å². The van der Waals surface area contributed by atoms with Gasteiger partial charge < -0.3 is 14.5 Å². The van der Waals surface area contributed by atoms with Crippen molar-refractivity contribution in [2.45, 2.75) is 31.5 Å². The Kier molecular flexibility index (Phi) is 5.20. The Hall–Kier alpha value is -2.09. The lowest BCUT2D eigenvalue weighted by Crippen LogP contribution is -2.45. The van der Waals surface area contributed by atoms with Gasteiger partial charge in [-0.05, 0) is 51.2 Å². The molecule has 0 aromatic heterocycles. The van der Waals surface area contributed by atoms with Gasteiger partial charge in [0.15, 0.2) is 0 Å². The molecule has 0 aliphatic carbocycles. The van der Waals surface area contributed by atoms with Gasteiger partial charge in [-0.15, -0.1) is 0 Å². The summed E-state index contributed by atoms with van der Waals surface area (Å²) < 4.78 is 43.4. The van der Waals surface area contributed by atoms with E-state index in [4.69, 9.17) is 4.74 Å². The lowest BCUT2D eigenvalue weighted by molar-refractivity contribution is -0.150. The first-order valence-electron chi connectivity index (χ1n) is 8.93. The van der Waals surface area contributed by atoms with E-state index in [0.717, 1.165) is 12.1 Å². The Labute approximate surface area is 156 Å². The predicted octanol–water partition coefficient (Wildman–Crippen LogP) is 2.80. The standard InChI is InChI=1S/C19H23F3N2O3/c1-23(2)12-15-11-18(17(26)27-15)7-9-24(10-8-18)16(25)13-3-5-14(6-4-13)19(20,21)22/h3-6,15H,7-12H2,1-2H3. The van der Waals surface area contributed by atoms with Crippen LogP contribution in [-0.4, -0.2) is 61.5 Å². The zero-order valence-corrected chi connectivity index (χ0v) is 15.4. The number of hydrogen-bond donors (Lipinski definition) is 0. The van der Waals surface area contributed by atoms with Crippen molar-refractivity contribution < 1.29 is 27.5 Å². The van der Waals surface area contributed by atoms with Crippen LogP contribution in [0.5, 0.6) is 0 Å². The Morgan fingerprint density at radius 1 is 1.22 bits per heavy atom. The van der Waals surface area contributed by atoms with Gasteiger partial charge in [-0.3, -0.25) is 9.59 Å². The van der Waals surface area contributed by atoms with Gasteiger partial charge >= 0.3 is 12.1 Å². The number of piperidine rings is 1. The van der Waals surface area contributed by atoms with E-state index in [-0.39, 0.29) is 23.5 Å². The lowest BCUT2D eigenvalue weighted by atomic mass is 9.76. The number of halogens is 3. The van der Waals surface area contributed by atoms with Crippen molar-refractivity contribution in [3.63, 3.8) is 0 Å². The number of nitrogens with zero attached hydrogens (tertiary/aromatic N) is 2. The van der Waals surface area contributed by atoms with E-state index >= 15 is 0 Å². The summed E-state index contributed by atoms with van der Waals surface area (Å²) in [6, 6.07) is 4.23. The van der Waals surface area contributed by atoms with E-state index in [1.807, 2.05) is 19.0 Å². The molecule has 2 heterocycles. The molecule has 8 heteroatoms. The molecule has 0 N–H and O–H groups in total. The fourth-order valence-corrected chi connectivity index (χ4v) is 3.88. The molecule has 27 heavy (non-hydrogen) atoms. The second kappa shape index (κ2) is 7.14. The van der Waals surface area contributed by atoms with Crippen molar-refractivity contribution in [2.24, 2.45) is 5.41 Å². The maximum absolute atomic E-state index is 12.6. The third-order valence-electron chi connectivity index (χ3n) is 5.36. The van der Waals surface area contributed by atoms with Gasteiger partial charge in [0.25, 0.3) is 5.91 Å². The van der Waals surface area contributed by atoms with E-state index in [2.05, 4.69) is 0 Å². The summed E-state index contributed by atoms with van der Waals surface area (Å²) in [5.41, 5.74) is -1.10. The maximum Gasteiger partial charge on any atom is 0.416 e. The van der Waals surface area contributed by atoms with Gasteiger partial charge in [0.05, 0.1) is 11.0 Å². The Bertz CT molecular complexity index is 708. The first-order valence-corrected chi connectivity index (χ1v) is 8.93. The topological polar surface area (TPSA) is 49.9 Å². The van der Waals surface area contributed by atoms with Crippen LogP contribution in [0, 0.1) is 5.41 Å². The summed E-state index contributed by atoms with van der Waals surface area (Å²) in [6.45, 7) is 1.45. The van der Waals surface area contributed by atoms with Crippen LogP contribution in [0.25, 0.3) is 0 Å². The second-order valence-electron chi connectivity index (χ2n) is 7.64. The molecule has 2 saturated heterocycles. The Balaban J connectivity index is 1.62. The summed E-state index contributed by atoms with van der Waals surface area (Å²) in [7, 11) is 3.84. The van der Waals surface area contributed by atoms with Crippen molar-refractivity contribution in [1.29, 1.82) is 0 Å². The van der Waals surface area contributed by atoms with Gasteiger partial charge in [0.1, 0.15) is 6.10 Å². The number of carbonyl (C=O) groups is 2. The van der Waals surface area contributed by atoms with Gasteiger partial charge in [-0.25, -0.2) is 0 Å². The number of carbonyl (C=O) groups excluding carboxylic acids is 2. The first-order chi connectivity index (χ1) is 12.6.